The van der Waals surface area contributed by atoms with E-state index in [1.807, 2.05) is 0 Å². The molecule has 20 heavy (non-hydrogen) atoms. The zero-order valence-electron chi connectivity index (χ0n) is 11.6. The van der Waals surface area contributed by atoms with Crippen LogP contribution in [-0.4, -0.2) is 22.7 Å². The molecule has 1 saturated carbocycles. The predicted octanol–water partition coefficient (Wildman–Crippen LogP) is 2.41. The highest BCUT2D eigenvalue weighted by Crippen LogP contribution is 2.39. The number of nitro groups is 1. The summed E-state index contributed by atoms with van der Waals surface area (Å²) in [5, 5.41) is 20.9. The van der Waals surface area contributed by atoms with E-state index in [2.05, 4.69) is 0 Å². The molecule has 1 aliphatic rings. The van der Waals surface area contributed by atoms with Crippen molar-refractivity contribution in [3.8, 4) is 0 Å². The number of nitrogens with two attached hydrogens (primary N) is 1. The maximum atomic E-state index is 10.6. The molecular weight excluding hydrogens is 256 g/mol. The first-order valence-corrected chi connectivity index (χ1v) is 7.19. The molecule has 0 heterocycles. The number of aliphatic hydroxyl groups is 1. The van der Waals surface area contributed by atoms with Crippen molar-refractivity contribution in [3.63, 3.8) is 0 Å². The molecule has 0 spiro atoms. The second kappa shape index (κ2) is 6.33. The lowest BCUT2D eigenvalue weighted by molar-refractivity contribution is -0.384. The Labute approximate surface area is 118 Å². The van der Waals surface area contributed by atoms with E-state index >= 15 is 0 Å². The van der Waals surface area contributed by atoms with Gasteiger partial charge in [0.1, 0.15) is 0 Å². The van der Waals surface area contributed by atoms with Crippen LogP contribution in [0.1, 0.15) is 37.7 Å². The zero-order valence-corrected chi connectivity index (χ0v) is 11.6. The molecule has 1 aromatic carbocycles. The molecule has 0 saturated heterocycles. The maximum Gasteiger partial charge on any atom is 0.269 e. The van der Waals surface area contributed by atoms with Gasteiger partial charge in [0.05, 0.1) is 11.0 Å². The molecule has 5 heteroatoms. The number of nitro benzene ring substituents is 1. The van der Waals surface area contributed by atoms with Crippen LogP contribution in [0, 0.1) is 15.5 Å². The first-order chi connectivity index (χ1) is 9.57. The lowest BCUT2D eigenvalue weighted by Gasteiger charge is -2.41. The highest BCUT2D eigenvalue weighted by Gasteiger charge is 2.38. The van der Waals surface area contributed by atoms with Crippen LogP contribution in [0.5, 0.6) is 0 Å². The highest BCUT2D eigenvalue weighted by atomic mass is 16.6. The second-order valence-corrected chi connectivity index (χ2v) is 5.75. The highest BCUT2D eigenvalue weighted by molar-refractivity contribution is 5.32. The standard InChI is InChI=1S/C15H22N2O3/c16-11-15(9-2-1-3-14(15)18)10-8-12-4-6-13(7-5-12)17(19)20/h4-7,14,18H,1-3,8-11,16H2. The Bertz CT molecular complexity index is 461. The molecule has 0 aliphatic heterocycles. The normalized spacial score (nSPS) is 26.4. The lowest BCUT2D eigenvalue weighted by atomic mass is 9.68. The molecule has 2 rings (SSSR count). The minimum Gasteiger partial charge on any atom is -0.393 e. The monoisotopic (exact) mass is 278 g/mol. The quantitative estimate of drug-likeness (QED) is 0.639. The van der Waals surface area contributed by atoms with Crippen LogP contribution in [0.15, 0.2) is 24.3 Å². The summed E-state index contributed by atoms with van der Waals surface area (Å²) in [6.07, 6.45) is 5.30. The average molecular weight is 278 g/mol. The number of aliphatic hydroxyl groups excluding tert-OH is 1. The van der Waals surface area contributed by atoms with Gasteiger partial charge in [-0.2, -0.15) is 0 Å². The first kappa shape index (κ1) is 14.9. The van der Waals surface area contributed by atoms with Crippen LogP contribution in [0.2, 0.25) is 0 Å². The van der Waals surface area contributed by atoms with Crippen LogP contribution in [0.25, 0.3) is 0 Å². The Kier molecular flexibility index (Phi) is 4.73. The van der Waals surface area contributed by atoms with Crippen LogP contribution in [-0.2, 0) is 6.42 Å². The van der Waals surface area contributed by atoms with E-state index in [4.69, 9.17) is 5.73 Å². The van der Waals surface area contributed by atoms with Gasteiger partial charge in [0, 0.05) is 24.1 Å². The molecule has 0 bridgehead atoms. The van der Waals surface area contributed by atoms with Gasteiger partial charge in [-0.15, -0.1) is 0 Å². The molecule has 2 atom stereocenters. The third kappa shape index (κ3) is 3.16. The summed E-state index contributed by atoms with van der Waals surface area (Å²) in [6, 6.07) is 6.64. The van der Waals surface area contributed by atoms with Crippen molar-refractivity contribution in [2.24, 2.45) is 11.1 Å². The van der Waals surface area contributed by atoms with E-state index in [1.165, 1.54) is 12.1 Å². The Morgan fingerprint density at radius 2 is 2.05 bits per heavy atom. The Morgan fingerprint density at radius 3 is 2.60 bits per heavy atom. The van der Waals surface area contributed by atoms with E-state index in [1.54, 1.807) is 12.1 Å². The number of benzene rings is 1. The third-order valence-electron chi connectivity index (χ3n) is 4.57. The van der Waals surface area contributed by atoms with Gasteiger partial charge >= 0.3 is 0 Å². The SMILES string of the molecule is NCC1(CCc2ccc([N+](=O)[O-])cc2)CCCCC1O. The molecule has 3 N–H and O–H groups in total. The summed E-state index contributed by atoms with van der Waals surface area (Å²) in [6.45, 7) is 0.501. The minimum absolute atomic E-state index is 0.111. The van der Waals surface area contributed by atoms with Crippen LogP contribution >= 0.6 is 0 Å². The van der Waals surface area contributed by atoms with Gasteiger partial charge in [-0.1, -0.05) is 25.0 Å². The van der Waals surface area contributed by atoms with E-state index in [-0.39, 0.29) is 17.2 Å². The molecule has 1 fully saturated rings. The molecule has 5 nitrogen and oxygen atoms in total. The van der Waals surface area contributed by atoms with Gasteiger partial charge in [0.2, 0.25) is 0 Å². The van der Waals surface area contributed by atoms with Gasteiger partial charge in [0.15, 0.2) is 0 Å². The summed E-state index contributed by atoms with van der Waals surface area (Å²) < 4.78 is 0. The number of hydrogen-bond donors (Lipinski definition) is 2. The lowest BCUT2D eigenvalue weighted by Crippen LogP contribution is -2.44. The van der Waals surface area contributed by atoms with Gasteiger partial charge < -0.3 is 10.8 Å². The van der Waals surface area contributed by atoms with E-state index in [9.17, 15) is 15.2 Å². The summed E-state index contributed by atoms with van der Waals surface area (Å²) >= 11 is 0. The van der Waals surface area contributed by atoms with Crippen molar-refractivity contribution < 1.29 is 10.0 Å². The van der Waals surface area contributed by atoms with Crippen molar-refractivity contribution in [2.75, 3.05) is 6.54 Å². The van der Waals surface area contributed by atoms with Gasteiger partial charge in [-0.05, 0) is 31.2 Å². The fourth-order valence-corrected chi connectivity index (χ4v) is 3.10. The van der Waals surface area contributed by atoms with E-state index in [0.717, 1.165) is 44.1 Å². The van der Waals surface area contributed by atoms with Crippen molar-refractivity contribution in [1.82, 2.24) is 0 Å². The molecule has 0 radical (unpaired) electrons. The number of aryl methyl sites for hydroxylation is 1. The van der Waals surface area contributed by atoms with E-state index < -0.39 is 4.92 Å². The van der Waals surface area contributed by atoms with Crippen LogP contribution in [0.4, 0.5) is 5.69 Å². The number of nitrogens with zero attached hydrogens (tertiary/aromatic N) is 1. The van der Waals surface area contributed by atoms with Crippen LogP contribution < -0.4 is 5.73 Å². The van der Waals surface area contributed by atoms with Crippen LogP contribution in [0.3, 0.4) is 0 Å². The van der Waals surface area contributed by atoms with Crippen molar-refractivity contribution in [1.29, 1.82) is 0 Å². The predicted molar refractivity (Wildman–Crippen MR) is 77.4 cm³/mol. The number of rotatable bonds is 5. The Balaban J connectivity index is 2.01. The molecule has 1 aliphatic carbocycles. The average Bonchev–Trinajstić information content (AvgIpc) is 2.47. The molecule has 0 aromatic heterocycles. The molecule has 0 amide bonds. The fourth-order valence-electron chi connectivity index (χ4n) is 3.10. The van der Waals surface area contributed by atoms with E-state index in [0.29, 0.717) is 6.54 Å². The molecule has 110 valence electrons. The second-order valence-electron chi connectivity index (χ2n) is 5.75. The summed E-state index contributed by atoms with van der Waals surface area (Å²) in [5.74, 6) is 0. The fraction of sp³-hybridized carbons (Fsp3) is 0.600. The molecule has 1 aromatic rings. The summed E-state index contributed by atoms with van der Waals surface area (Å²) in [7, 11) is 0. The Morgan fingerprint density at radius 1 is 1.35 bits per heavy atom. The smallest absolute Gasteiger partial charge is 0.269 e. The van der Waals surface area contributed by atoms with Crippen molar-refractivity contribution in [2.45, 2.75) is 44.6 Å². The zero-order chi connectivity index (χ0) is 14.6. The first-order valence-electron chi connectivity index (χ1n) is 7.19. The molecule has 2 unspecified atom stereocenters. The summed E-state index contributed by atoms with van der Waals surface area (Å²) in [4.78, 5) is 10.2. The number of non-ortho nitro benzene ring substituents is 1. The number of hydrogen-bond acceptors (Lipinski definition) is 4. The summed E-state index contributed by atoms with van der Waals surface area (Å²) in [5.41, 5.74) is 6.89. The van der Waals surface area contributed by atoms with Crippen molar-refractivity contribution >= 4 is 5.69 Å². The van der Waals surface area contributed by atoms with Crippen molar-refractivity contribution in [3.05, 3.63) is 39.9 Å². The molecular formula is C15H22N2O3. The maximum absolute atomic E-state index is 10.6. The third-order valence-corrected chi connectivity index (χ3v) is 4.57. The van der Waals surface area contributed by atoms with Gasteiger partial charge in [-0.25, -0.2) is 0 Å². The van der Waals surface area contributed by atoms with Gasteiger partial charge in [-0.3, -0.25) is 10.1 Å². The largest absolute Gasteiger partial charge is 0.393 e. The Hall–Kier alpha value is -1.46. The topological polar surface area (TPSA) is 89.4 Å². The minimum atomic E-state index is -0.393. The van der Waals surface area contributed by atoms with Gasteiger partial charge in [0.25, 0.3) is 5.69 Å².